The molecule has 0 radical (unpaired) electrons. The number of nitrogens with zero attached hydrogens (tertiary/aromatic N) is 2. The largest absolute Gasteiger partial charge is 0.174 e. The van der Waals surface area contributed by atoms with Gasteiger partial charge in [0.05, 0.1) is 17.2 Å². The SMILES string of the molecule is CBc1ccc(C)c2nsnc12. The zero-order valence-corrected chi connectivity index (χ0v) is 7.98. The molecule has 0 saturated carbocycles. The number of rotatable bonds is 1. The van der Waals surface area contributed by atoms with Crippen LogP contribution in [0, 0.1) is 6.92 Å². The van der Waals surface area contributed by atoms with E-state index >= 15 is 0 Å². The third-order valence-electron chi connectivity index (χ3n) is 2.08. The second-order valence-corrected chi connectivity index (χ2v) is 3.39. The summed E-state index contributed by atoms with van der Waals surface area (Å²) >= 11 is 1.30. The summed E-state index contributed by atoms with van der Waals surface area (Å²) in [4.78, 5) is 0. The van der Waals surface area contributed by atoms with Crippen molar-refractivity contribution in [3.63, 3.8) is 0 Å². The molecule has 2 aromatic rings. The summed E-state index contributed by atoms with van der Waals surface area (Å²) in [5.74, 6) is 0. The first-order valence-corrected chi connectivity index (χ1v) is 4.76. The van der Waals surface area contributed by atoms with E-state index < -0.39 is 0 Å². The van der Waals surface area contributed by atoms with Crippen LogP contribution in [0.25, 0.3) is 11.0 Å². The van der Waals surface area contributed by atoms with E-state index in [9.17, 15) is 0 Å². The third kappa shape index (κ3) is 1.03. The van der Waals surface area contributed by atoms with Crippen molar-refractivity contribution in [3.05, 3.63) is 17.7 Å². The number of hydrogen-bond acceptors (Lipinski definition) is 3. The zero-order chi connectivity index (χ0) is 8.55. The average molecular weight is 176 g/mol. The highest BCUT2D eigenvalue weighted by atomic mass is 32.1. The minimum atomic E-state index is 1.03. The standard InChI is InChI=1S/C8H9BN2S/c1-5-3-4-6(9-2)8-7(5)10-12-11-8/h3-4,9H,1-2H3. The van der Waals surface area contributed by atoms with E-state index in [1.165, 1.54) is 22.8 Å². The Morgan fingerprint density at radius 1 is 1.25 bits per heavy atom. The predicted octanol–water partition coefficient (Wildman–Crippen LogP) is 1.11. The van der Waals surface area contributed by atoms with E-state index in [0.717, 1.165) is 18.3 Å². The van der Waals surface area contributed by atoms with E-state index in [-0.39, 0.29) is 0 Å². The van der Waals surface area contributed by atoms with Crippen molar-refractivity contribution >= 4 is 35.5 Å². The molecule has 1 aromatic heterocycles. The normalized spacial score (nSPS) is 10.5. The average Bonchev–Trinajstić information content (AvgIpc) is 2.54. The summed E-state index contributed by atoms with van der Waals surface area (Å²) in [5.41, 5.74) is 4.67. The number of aromatic nitrogens is 2. The Bertz CT molecular complexity index is 410. The lowest BCUT2D eigenvalue weighted by Crippen LogP contribution is -2.11. The Hall–Kier alpha value is -0.895. The molecule has 0 amide bonds. The predicted molar refractivity (Wildman–Crippen MR) is 54.8 cm³/mol. The van der Waals surface area contributed by atoms with Crippen molar-refractivity contribution in [2.45, 2.75) is 13.7 Å². The fraction of sp³-hybridized carbons (Fsp3) is 0.250. The van der Waals surface area contributed by atoms with E-state index in [1.807, 2.05) is 0 Å². The summed E-state index contributed by atoms with van der Waals surface area (Å²) in [6.45, 7) is 4.21. The second-order valence-electron chi connectivity index (χ2n) is 2.86. The smallest absolute Gasteiger partial charge is 0.157 e. The van der Waals surface area contributed by atoms with Gasteiger partial charge in [-0.25, -0.2) is 0 Å². The van der Waals surface area contributed by atoms with Gasteiger partial charge in [0, 0.05) is 0 Å². The van der Waals surface area contributed by atoms with Crippen molar-refractivity contribution in [2.24, 2.45) is 0 Å². The summed E-state index contributed by atoms with van der Waals surface area (Å²) in [6.07, 6.45) is 0. The molecule has 4 heteroatoms. The topological polar surface area (TPSA) is 25.8 Å². The Kier molecular flexibility index (Phi) is 1.85. The van der Waals surface area contributed by atoms with Crippen LogP contribution in [0.15, 0.2) is 12.1 Å². The second kappa shape index (κ2) is 2.86. The van der Waals surface area contributed by atoms with Gasteiger partial charge in [0.2, 0.25) is 0 Å². The third-order valence-corrected chi connectivity index (χ3v) is 2.61. The molecule has 1 aromatic carbocycles. The Morgan fingerprint density at radius 2 is 2.00 bits per heavy atom. The molecule has 0 aliphatic carbocycles. The van der Waals surface area contributed by atoms with Crippen LogP contribution >= 0.6 is 11.7 Å². The van der Waals surface area contributed by atoms with Gasteiger partial charge in [0.15, 0.2) is 7.28 Å². The lowest BCUT2D eigenvalue weighted by Gasteiger charge is -1.97. The molecule has 0 unspecified atom stereocenters. The van der Waals surface area contributed by atoms with Crippen molar-refractivity contribution in [1.82, 2.24) is 8.75 Å². The first-order chi connectivity index (χ1) is 5.83. The Balaban J connectivity index is 2.82. The Morgan fingerprint density at radius 3 is 2.75 bits per heavy atom. The molecule has 60 valence electrons. The molecule has 12 heavy (non-hydrogen) atoms. The molecule has 0 saturated heterocycles. The van der Waals surface area contributed by atoms with Gasteiger partial charge in [0.1, 0.15) is 5.52 Å². The van der Waals surface area contributed by atoms with Crippen LogP contribution in [0.4, 0.5) is 0 Å². The van der Waals surface area contributed by atoms with E-state index in [4.69, 9.17) is 0 Å². The maximum atomic E-state index is 4.28. The summed E-state index contributed by atoms with van der Waals surface area (Å²) in [5, 5.41) is 0. The zero-order valence-electron chi connectivity index (χ0n) is 7.16. The van der Waals surface area contributed by atoms with Crippen LogP contribution < -0.4 is 5.46 Å². The van der Waals surface area contributed by atoms with E-state index in [1.54, 1.807) is 0 Å². The summed E-state index contributed by atoms with van der Waals surface area (Å²) in [7, 11) is 1.03. The summed E-state index contributed by atoms with van der Waals surface area (Å²) in [6, 6.07) is 4.25. The van der Waals surface area contributed by atoms with Gasteiger partial charge in [-0.05, 0) is 12.5 Å². The van der Waals surface area contributed by atoms with Gasteiger partial charge < -0.3 is 0 Å². The van der Waals surface area contributed by atoms with Crippen LogP contribution in [0.1, 0.15) is 5.56 Å². The lowest BCUT2D eigenvalue weighted by molar-refractivity contribution is 1.49. The van der Waals surface area contributed by atoms with Crippen LogP contribution in [-0.2, 0) is 0 Å². The van der Waals surface area contributed by atoms with Crippen molar-refractivity contribution in [1.29, 1.82) is 0 Å². The van der Waals surface area contributed by atoms with Crippen LogP contribution in [0.3, 0.4) is 0 Å². The maximum Gasteiger partial charge on any atom is 0.157 e. The van der Waals surface area contributed by atoms with E-state index in [2.05, 4.69) is 34.6 Å². The molecule has 0 aliphatic heterocycles. The number of hydrogen-bond donors (Lipinski definition) is 0. The fourth-order valence-corrected chi connectivity index (χ4v) is 1.97. The molecule has 0 fully saturated rings. The maximum absolute atomic E-state index is 4.28. The quantitative estimate of drug-likeness (QED) is 0.608. The number of fused-ring (bicyclic) bond motifs is 1. The lowest BCUT2D eigenvalue weighted by atomic mass is 9.72. The van der Waals surface area contributed by atoms with Crippen molar-refractivity contribution < 1.29 is 0 Å². The fourth-order valence-electron chi connectivity index (χ4n) is 1.33. The van der Waals surface area contributed by atoms with E-state index in [0.29, 0.717) is 0 Å². The molecule has 0 N–H and O–H groups in total. The van der Waals surface area contributed by atoms with Crippen molar-refractivity contribution in [3.8, 4) is 0 Å². The van der Waals surface area contributed by atoms with Gasteiger partial charge in [0.25, 0.3) is 0 Å². The molecule has 0 spiro atoms. The van der Waals surface area contributed by atoms with Gasteiger partial charge in [-0.1, -0.05) is 24.4 Å². The highest BCUT2D eigenvalue weighted by Crippen LogP contribution is 2.13. The minimum Gasteiger partial charge on any atom is -0.174 e. The Labute approximate surface area is 76.2 Å². The van der Waals surface area contributed by atoms with Gasteiger partial charge in [-0.15, -0.1) is 0 Å². The molecule has 0 atom stereocenters. The monoisotopic (exact) mass is 176 g/mol. The van der Waals surface area contributed by atoms with Crippen molar-refractivity contribution in [2.75, 3.05) is 0 Å². The highest BCUT2D eigenvalue weighted by molar-refractivity contribution is 7.00. The molecule has 0 bridgehead atoms. The molecule has 1 heterocycles. The van der Waals surface area contributed by atoms with Gasteiger partial charge in [-0.3, -0.25) is 0 Å². The van der Waals surface area contributed by atoms with Crippen LogP contribution in [0.2, 0.25) is 6.82 Å². The molecule has 2 nitrogen and oxygen atoms in total. The molecular weight excluding hydrogens is 167 g/mol. The molecule has 0 aliphatic rings. The number of aryl methyl sites for hydroxylation is 1. The molecular formula is C8H9BN2S. The highest BCUT2D eigenvalue weighted by Gasteiger charge is 2.05. The minimum absolute atomic E-state index is 1.03. The number of benzene rings is 1. The van der Waals surface area contributed by atoms with Crippen LogP contribution in [-0.4, -0.2) is 16.0 Å². The van der Waals surface area contributed by atoms with Gasteiger partial charge >= 0.3 is 0 Å². The van der Waals surface area contributed by atoms with Gasteiger partial charge in [-0.2, -0.15) is 8.75 Å². The molecule has 2 rings (SSSR count). The first kappa shape index (κ1) is 7.74. The first-order valence-electron chi connectivity index (χ1n) is 4.03. The summed E-state index contributed by atoms with van der Waals surface area (Å²) < 4.78 is 8.54. The van der Waals surface area contributed by atoms with Crippen LogP contribution in [0.5, 0.6) is 0 Å².